The van der Waals surface area contributed by atoms with Gasteiger partial charge in [0.1, 0.15) is 11.1 Å². The van der Waals surface area contributed by atoms with Crippen LogP contribution in [0.25, 0.3) is 0 Å². The zero-order valence-corrected chi connectivity index (χ0v) is 16.2. The molecule has 2 aliphatic heterocycles. The van der Waals surface area contributed by atoms with Gasteiger partial charge in [-0.15, -0.1) is 0 Å². The molecule has 146 valence electrons. The van der Waals surface area contributed by atoms with Crippen molar-refractivity contribution in [2.24, 2.45) is 0 Å². The topological polar surface area (TPSA) is 79.0 Å². The number of amides is 4. The number of ether oxygens (including phenoxy) is 1. The first kappa shape index (κ1) is 19.2. The van der Waals surface area contributed by atoms with Crippen LogP contribution in [0.15, 0.2) is 30.3 Å². The maximum absolute atomic E-state index is 12.9. The minimum Gasteiger partial charge on any atom is -0.444 e. The molecule has 4 amide bonds. The highest BCUT2D eigenvalue weighted by molar-refractivity contribution is 6.07. The number of imide groups is 1. The Balaban J connectivity index is 1.59. The number of rotatable bonds is 3. The van der Waals surface area contributed by atoms with Gasteiger partial charge in [0, 0.05) is 19.6 Å². The van der Waals surface area contributed by atoms with Crippen molar-refractivity contribution in [1.29, 1.82) is 0 Å². The predicted molar refractivity (Wildman–Crippen MR) is 100 cm³/mol. The second kappa shape index (κ2) is 7.21. The summed E-state index contributed by atoms with van der Waals surface area (Å²) in [6.07, 6.45) is 1.05. The fraction of sp³-hybridized carbons (Fsp3) is 0.550. The van der Waals surface area contributed by atoms with Gasteiger partial charge >= 0.3 is 12.1 Å². The molecule has 0 radical (unpaired) electrons. The standard InChI is InChI=1S/C20H27N3O4/c1-19(2,3)27-18(26)22-13-10-20(11-14-22)16(24)23(17(25)21-20)12-9-15-7-5-4-6-8-15/h4-8H,9-14H2,1-3H3,(H,21,25). The van der Waals surface area contributed by atoms with Crippen LogP contribution in [0.4, 0.5) is 9.59 Å². The number of benzene rings is 1. The Labute approximate surface area is 159 Å². The van der Waals surface area contributed by atoms with Crippen molar-refractivity contribution < 1.29 is 19.1 Å². The molecule has 2 heterocycles. The Morgan fingerprint density at radius 2 is 1.78 bits per heavy atom. The van der Waals surface area contributed by atoms with E-state index in [1.165, 1.54) is 4.90 Å². The number of carbonyl (C=O) groups excluding carboxylic acids is 3. The molecule has 1 aromatic carbocycles. The first-order valence-corrected chi connectivity index (χ1v) is 9.36. The number of hydrogen-bond donors (Lipinski definition) is 1. The minimum absolute atomic E-state index is 0.188. The molecule has 0 unspecified atom stereocenters. The SMILES string of the molecule is CC(C)(C)OC(=O)N1CCC2(CC1)NC(=O)N(CCc1ccccc1)C2=O. The Bertz CT molecular complexity index is 718. The third-order valence-electron chi connectivity index (χ3n) is 4.98. The normalized spacial score (nSPS) is 19.4. The van der Waals surface area contributed by atoms with Crippen LogP contribution < -0.4 is 5.32 Å². The molecule has 7 heteroatoms. The molecule has 3 rings (SSSR count). The third-order valence-corrected chi connectivity index (χ3v) is 4.98. The van der Waals surface area contributed by atoms with E-state index < -0.39 is 11.1 Å². The molecule has 0 atom stereocenters. The Kier molecular flexibility index (Phi) is 5.13. The maximum atomic E-state index is 12.9. The molecular formula is C20H27N3O4. The van der Waals surface area contributed by atoms with Gasteiger partial charge < -0.3 is 15.0 Å². The highest BCUT2D eigenvalue weighted by Crippen LogP contribution is 2.30. The zero-order chi connectivity index (χ0) is 19.7. The summed E-state index contributed by atoms with van der Waals surface area (Å²) in [4.78, 5) is 40.4. The highest BCUT2D eigenvalue weighted by Gasteiger charge is 2.52. The van der Waals surface area contributed by atoms with E-state index in [2.05, 4.69) is 5.32 Å². The molecule has 0 saturated carbocycles. The van der Waals surface area contributed by atoms with Crippen LogP contribution in [-0.4, -0.2) is 58.6 Å². The van der Waals surface area contributed by atoms with Gasteiger partial charge in [-0.3, -0.25) is 9.69 Å². The molecule has 0 aliphatic carbocycles. The molecule has 27 heavy (non-hydrogen) atoms. The average molecular weight is 373 g/mol. The van der Waals surface area contributed by atoms with Crippen molar-refractivity contribution in [2.45, 2.75) is 51.2 Å². The summed E-state index contributed by atoms with van der Waals surface area (Å²) in [7, 11) is 0. The van der Waals surface area contributed by atoms with Gasteiger partial charge in [-0.2, -0.15) is 0 Å². The lowest BCUT2D eigenvalue weighted by atomic mass is 9.87. The lowest BCUT2D eigenvalue weighted by Crippen LogP contribution is -2.56. The Hall–Kier alpha value is -2.57. The molecule has 2 saturated heterocycles. The first-order valence-electron chi connectivity index (χ1n) is 9.36. The Morgan fingerprint density at radius 1 is 1.15 bits per heavy atom. The Morgan fingerprint density at radius 3 is 2.37 bits per heavy atom. The van der Waals surface area contributed by atoms with Crippen molar-refractivity contribution >= 4 is 18.0 Å². The van der Waals surface area contributed by atoms with Crippen molar-refractivity contribution in [3.8, 4) is 0 Å². The number of piperidine rings is 1. The van der Waals surface area contributed by atoms with Gasteiger partial charge in [-0.05, 0) is 45.6 Å². The van der Waals surface area contributed by atoms with E-state index >= 15 is 0 Å². The van der Waals surface area contributed by atoms with Crippen LogP contribution in [-0.2, 0) is 16.0 Å². The number of likely N-dealkylation sites (tertiary alicyclic amines) is 1. The number of nitrogens with one attached hydrogen (secondary N) is 1. The van der Waals surface area contributed by atoms with E-state index in [9.17, 15) is 14.4 Å². The average Bonchev–Trinajstić information content (AvgIpc) is 2.83. The summed E-state index contributed by atoms with van der Waals surface area (Å²) in [5, 5.41) is 2.87. The van der Waals surface area contributed by atoms with Gasteiger partial charge in [-0.1, -0.05) is 30.3 Å². The van der Waals surface area contributed by atoms with E-state index in [0.29, 0.717) is 38.9 Å². The van der Waals surface area contributed by atoms with E-state index in [0.717, 1.165) is 5.56 Å². The molecule has 2 aliphatic rings. The molecule has 1 N–H and O–H groups in total. The number of hydrogen-bond acceptors (Lipinski definition) is 4. The van der Waals surface area contributed by atoms with Crippen LogP contribution in [0.2, 0.25) is 0 Å². The second-order valence-corrected chi connectivity index (χ2v) is 8.17. The van der Waals surface area contributed by atoms with E-state index in [4.69, 9.17) is 4.74 Å². The number of nitrogens with zero attached hydrogens (tertiary/aromatic N) is 2. The van der Waals surface area contributed by atoms with Crippen LogP contribution in [0, 0.1) is 0 Å². The highest BCUT2D eigenvalue weighted by atomic mass is 16.6. The van der Waals surface area contributed by atoms with E-state index in [-0.39, 0.29) is 18.0 Å². The molecule has 7 nitrogen and oxygen atoms in total. The summed E-state index contributed by atoms with van der Waals surface area (Å²) in [5.74, 6) is -0.188. The van der Waals surface area contributed by atoms with E-state index in [1.54, 1.807) is 4.90 Å². The summed E-state index contributed by atoms with van der Waals surface area (Å²) in [6, 6.07) is 9.43. The molecule has 1 spiro atoms. The molecular weight excluding hydrogens is 346 g/mol. The van der Waals surface area contributed by atoms with Crippen LogP contribution in [0.3, 0.4) is 0 Å². The fourth-order valence-electron chi connectivity index (χ4n) is 3.50. The van der Waals surface area contributed by atoms with Gasteiger partial charge in [0.15, 0.2) is 0 Å². The largest absolute Gasteiger partial charge is 0.444 e. The lowest BCUT2D eigenvalue weighted by molar-refractivity contribution is -0.133. The van der Waals surface area contributed by atoms with Crippen molar-refractivity contribution in [2.75, 3.05) is 19.6 Å². The van der Waals surface area contributed by atoms with Gasteiger partial charge in [0.25, 0.3) is 5.91 Å². The number of urea groups is 1. The van der Waals surface area contributed by atoms with Gasteiger partial charge in [0.2, 0.25) is 0 Å². The van der Waals surface area contributed by atoms with Crippen LogP contribution >= 0.6 is 0 Å². The molecule has 2 fully saturated rings. The van der Waals surface area contributed by atoms with Crippen molar-refractivity contribution in [3.63, 3.8) is 0 Å². The van der Waals surface area contributed by atoms with Crippen LogP contribution in [0.1, 0.15) is 39.2 Å². The number of carbonyl (C=O) groups is 3. The smallest absolute Gasteiger partial charge is 0.410 e. The van der Waals surface area contributed by atoms with Crippen molar-refractivity contribution in [3.05, 3.63) is 35.9 Å². The summed E-state index contributed by atoms with van der Waals surface area (Å²) in [6.45, 7) is 6.58. The second-order valence-electron chi connectivity index (χ2n) is 8.17. The van der Waals surface area contributed by atoms with Gasteiger partial charge in [0.05, 0.1) is 0 Å². The molecule has 0 bridgehead atoms. The van der Waals surface area contributed by atoms with Crippen LogP contribution in [0.5, 0.6) is 0 Å². The van der Waals surface area contributed by atoms with Crippen molar-refractivity contribution in [1.82, 2.24) is 15.1 Å². The lowest BCUT2D eigenvalue weighted by Gasteiger charge is -2.37. The first-order chi connectivity index (χ1) is 12.7. The predicted octanol–water partition coefficient (Wildman–Crippen LogP) is 2.55. The maximum Gasteiger partial charge on any atom is 0.410 e. The van der Waals surface area contributed by atoms with Gasteiger partial charge in [-0.25, -0.2) is 9.59 Å². The summed E-state index contributed by atoms with van der Waals surface area (Å²) < 4.78 is 5.39. The monoisotopic (exact) mass is 373 g/mol. The molecule has 0 aromatic heterocycles. The zero-order valence-electron chi connectivity index (χ0n) is 16.2. The summed E-state index contributed by atoms with van der Waals surface area (Å²) >= 11 is 0. The van der Waals surface area contributed by atoms with E-state index in [1.807, 2.05) is 51.1 Å². The quantitative estimate of drug-likeness (QED) is 0.826. The summed E-state index contributed by atoms with van der Waals surface area (Å²) in [5.41, 5.74) is -0.372. The minimum atomic E-state index is -0.897. The molecule has 1 aromatic rings. The third kappa shape index (κ3) is 4.23. The fourth-order valence-corrected chi connectivity index (χ4v) is 3.50.